The second-order valence-corrected chi connectivity index (χ2v) is 12.0. The van der Waals surface area contributed by atoms with Gasteiger partial charge in [0.15, 0.2) is 24.1 Å². The van der Waals surface area contributed by atoms with Crippen LogP contribution < -0.4 is 10.4 Å². The van der Waals surface area contributed by atoms with Crippen molar-refractivity contribution >= 4 is 29.8 Å². The van der Waals surface area contributed by atoms with E-state index in [2.05, 4.69) is 74.7 Å². The molecule has 0 bridgehead atoms. The Morgan fingerprint density at radius 3 is 2.06 bits per heavy atom. The average Bonchev–Trinajstić information content (AvgIpc) is 3.55. The zero-order chi connectivity index (χ0) is 33.0. The van der Waals surface area contributed by atoms with E-state index in [1.165, 1.54) is 0 Å². The van der Waals surface area contributed by atoms with Crippen LogP contribution in [0.5, 0.6) is 11.5 Å². The molecule has 0 radical (unpaired) electrons. The fraction of sp³-hybridized carbons (Fsp3) is 0.0698. The Morgan fingerprint density at radius 1 is 0.702 bits per heavy atom. The highest BCUT2D eigenvalue weighted by atomic mass is 16.3. The monoisotopic (exact) mass is 612 g/mol. The maximum absolute atomic E-state index is 12.2. The second kappa shape index (κ2) is 11.1. The number of carbonyl (C=O) groups excluding carboxylic acids is 2. The van der Waals surface area contributed by atoms with E-state index in [4.69, 9.17) is 0 Å². The number of allylic oxidation sites excluding steroid dienone is 4. The van der Waals surface area contributed by atoms with Gasteiger partial charge in [-0.1, -0.05) is 86.0 Å². The van der Waals surface area contributed by atoms with Crippen molar-refractivity contribution in [3.8, 4) is 33.8 Å². The standard InChI is InChI=1S/C43H32O4/c1-5-27-11-7-8-12-32(27)26(4)25(3)17-28(6-2)29-15-16-38-34(18-29)33-13-9-10-14-37(33)43(38)39-20-31(24-45)30(23-44)19-35(39)36-21-41(46)42(47)22-40(36)43/h5-24,46-47H,2-3H2,1,4H3/b27-5-,28-17+,32-26+. The van der Waals surface area contributed by atoms with Crippen molar-refractivity contribution in [2.24, 2.45) is 0 Å². The van der Waals surface area contributed by atoms with Crippen LogP contribution in [0.3, 0.4) is 0 Å². The van der Waals surface area contributed by atoms with E-state index in [-0.39, 0.29) is 22.6 Å². The number of carbonyl (C=O) groups is 2. The summed E-state index contributed by atoms with van der Waals surface area (Å²) >= 11 is 0. The van der Waals surface area contributed by atoms with Gasteiger partial charge in [-0.15, -0.1) is 0 Å². The van der Waals surface area contributed by atoms with E-state index in [1.807, 2.05) is 37.3 Å². The Morgan fingerprint density at radius 2 is 1.32 bits per heavy atom. The van der Waals surface area contributed by atoms with Gasteiger partial charge in [0, 0.05) is 11.1 Å². The summed E-state index contributed by atoms with van der Waals surface area (Å²) in [6.07, 6.45) is 7.37. The number of hydrogen-bond donors (Lipinski definition) is 2. The van der Waals surface area contributed by atoms with Gasteiger partial charge in [0.1, 0.15) is 0 Å². The molecule has 2 N–H and O–H groups in total. The minimum atomic E-state index is -0.897. The summed E-state index contributed by atoms with van der Waals surface area (Å²) in [5.74, 6) is -0.498. The third kappa shape index (κ3) is 4.22. The molecule has 5 aromatic rings. The number of phenolic OH excluding ortho intramolecular Hbond substituents is 2. The highest BCUT2D eigenvalue weighted by Crippen LogP contribution is 2.64. The first-order valence-electron chi connectivity index (χ1n) is 15.4. The van der Waals surface area contributed by atoms with Gasteiger partial charge in [0.25, 0.3) is 0 Å². The zero-order valence-corrected chi connectivity index (χ0v) is 26.2. The molecular weight excluding hydrogens is 580 g/mol. The third-order valence-electron chi connectivity index (χ3n) is 9.78. The van der Waals surface area contributed by atoms with Crippen molar-refractivity contribution in [2.75, 3.05) is 0 Å². The number of rotatable bonds is 6. The number of benzene rings is 5. The largest absolute Gasteiger partial charge is 0.504 e. The maximum Gasteiger partial charge on any atom is 0.158 e. The van der Waals surface area contributed by atoms with Crippen molar-refractivity contribution in [1.82, 2.24) is 0 Å². The Hall–Kier alpha value is -6.00. The SMILES string of the molecule is C=C/C(=C\C(=C)/C(C)=c1\cccc\c1=C\C)c1ccc2c(c1)-c1ccccc1C21c2cc(O)c(O)cc2-c2cc(C=O)c(C=O)cc21. The lowest BCUT2D eigenvalue weighted by Crippen LogP contribution is -2.26. The Kier molecular flexibility index (Phi) is 7.02. The van der Waals surface area contributed by atoms with Crippen LogP contribution in [0.2, 0.25) is 0 Å². The van der Waals surface area contributed by atoms with Crippen LogP contribution in [-0.4, -0.2) is 22.8 Å². The molecule has 0 aliphatic heterocycles. The molecule has 2 aliphatic rings. The van der Waals surface area contributed by atoms with Crippen molar-refractivity contribution in [1.29, 1.82) is 0 Å². The molecule has 1 atom stereocenters. The minimum absolute atomic E-state index is 0.242. The average molecular weight is 613 g/mol. The predicted octanol–water partition coefficient (Wildman–Crippen LogP) is 7.86. The zero-order valence-electron chi connectivity index (χ0n) is 26.2. The molecule has 228 valence electrons. The smallest absolute Gasteiger partial charge is 0.158 e. The van der Waals surface area contributed by atoms with Crippen LogP contribution in [0.4, 0.5) is 0 Å². The molecule has 4 heteroatoms. The van der Waals surface area contributed by atoms with E-state index in [1.54, 1.807) is 24.3 Å². The normalized spacial score (nSPS) is 16.6. The lowest BCUT2D eigenvalue weighted by molar-refractivity contribution is 0.109. The molecular formula is C43H32O4. The molecule has 5 aromatic carbocycles. The van der Waals surface area contributed by atoms with E-state index in [0.29, 0.717) is 18.1 Å². The fourth-order valence-corrected chi connectivity index (χ4v) is 7.49. The van der Waals surface area contributed by atoms with Crippen LogP contribution in [-0.2, 0) is 5.41 Å². The molecule has 1 unspecified atom stereocenters. The number of phenols is 2. The summed E-state index contributed by atoms with van der Waals surface area (Å²) in [4.78, 5) is 24.2. The van der Waals surface area contributed by atoms with E-state index < -0.39 is 5.41 Å². The highest BCUT2D eigenvalue weighted by molar-refractivity contribution is 6.01. The number of fused-ring (bicyclic) bond motifs is 10. The molecule has 0 saturated carbocycles. The van der Waals surface area contributed by atoms with Crippen LogP contribution in [0.15, 0.2) is 122 Å². The van der Waals surface area contributed by atoms with Gasteiger partial charge in [0.05, 0.1) is 5.41 Å². The Bertz CT molecular complexity index is 2370. The lowest BCUT2D eigenvalue weighted by atomic mass is 9.70. The van der Waals surface area contributed by atoms with Crippen LogP contribution >= 0.6 is 0 Å². The lowest BCUT2D eigenvalue weighted by Gasteiger charge is -2.31. The van der Waals surface area contributed by atoms with Gasteiger partial charge >= 0.3 is 0 Å². The molecule has 0 amide bonds. The van der Waals surface area contributed by atoms with Crippen LogP contribution in [0, 0.1) is 0 Å². The van der Waals surface area contributed by atoms with Gasteiger partial charge in [0.2, 0.25) is 0 Å². The van der Waals surface area contributed by atoms with Crippen molar-refractivity contribution in [3.63, 3.8) is 0 Å². The van der Waals surface area contributed by atoms with Crippen molar-refractivity contribution < 1.29 is 19.8 Å². The fourth-order valence-electron chi connectivity index (χ4n) is 7.49. The van der Waals surface area contributed by atoms with Gasteiger partial charge in [-0.3, -0.25) is 9.59 Å². The van der Waals surface area contributed by atoms with E-state index >= 15 is 0 Å². The quantitative estimate of drug-likeness (QED) is 0.114. The van der Waals surface area contributed by atoms with Crippen molar-refractivity contribution in [3.05, 3.63) is 171 Å². The summed E-state index contributed by atoms with van der Waals surface area (Å²) in [6.45, 7) is 12.7. The van der Waals surface area contributed by atoms with E-state index in [0.717, 1.165) is 71.7 Å². The molecule has 47 heavy (non-hydrogen) atoms. The molecule has 4 nitrogen and oxygen atoms in total. The van der Waals surface area contributed by atoms with Gasteiger partial charge in [-0.2, -0.15) is 0 Å². The van der Waals surface area contributed by atoms with Gasteiger partial charge < -0.3 is 10.2 Å². The first-order valence-corrected chi connectivity index (χ1v) is 15.4. The number of aromatic hydroxyl groups is 2. The van der Waals surface area contributed by atoms with Gasteiger partial charge in [-0.05, 0) is 127 Å². The summed E-state index contributed by atoms with van der Waals surface area (Å²) in [7, 11) is 0. The summed E-state index contributed by atoms with van der Waals surface area (Å²) in [5, 5.41) is 23.7. The van der Waals surface area contributed by atoms with Crippen LogP contribution in [0.25, 0.3) is 39.5 Å². The number of hydrogen-bond acceptors (Lipinski definition) is 4. The van der Waals surface area contributed by atoms with Crippen molar-refractivity contribution in [2.45, 2.75) is 19.3 Å². The predicted molar refractivity (Wildman–Crippen MR) is 189 cm³/mol. The van der Waals surface area contributed by atoms with Gasteiger partial charge in [-0.25, -0.2) is 0 Å². The molecule has 1 spiro atoms. The summed E-state index contributed by atoms with van der Waals surface area (Å²) in [6, 6.07) is 29.3. The maximum atomic E-state index is 12.2. The van der Waals surface area contributed by atoms with E-state index in [9.17, 15) is 19.8 Å². The molecule has 0 heterocycles. The summed E-state index contributed by atoms with van der Waals surface area (Å²) < 4.78 is 0. The highest BCUT2D eigenvalue weighted by Gasteiger charge is 2.52. The molecule has 0 aromatic heterocycles. The molecule has 0 saturated heterocycles. The first-order chi connectivity index (χ1) is 22.8. The Labute approximate surface area is 273 Å². The second-order valence-electron chi connectivity index (χ2n) is 12.0. The van der Waals surface area contributed by atoms with Crippen LogP contribution in [0.1, 0.15) is 62.4 Å². The first kappa shape index (κ1) is 29.7. The molecule has 2 aliphatic carbocycles. The molecule has 7 rings (SSSR count). The number of aldehydes is 2. The topological polar surface area (TPSA) is 74.6 Å². The summed E-state index contributed by atoms with van der Waals surface area (Å²) in [5.41, 5.74) is 10.5. The third-order valence-corrected chi connectivity index (χ3v) is 9.78. The Balaban J connectivity index is 1.49. The minimum Gasteiger partial charge on any atom is -0.504 e. The molecule has 0 fully saturated rings.